The van der Waals surface area contributed by atoms with Crippen LogP contribution in [0.2, 0.25) is 0 Å². The summed E-state index contributed by atoms with van der Waals surface area (Å²) in [6.45, 7) is 11.5. The molecule has 3 aromatic rings. The Balaban J connectivity index is 1.65. The van der Waals surface area contributed by atoms with Crippen molar-refractivity contribution in [2.45, 2.75) is 79.0 Å². The van der Waals surface area contributed by atoms with E-state index in [0.29, 0.717) is 5.57 Å². The van der Waals surface area contributed by atoms with Gasteiger partial charge < -0.3 is 30.2 Å². The number of nitrogen functional groups attached to an aromatic ring is 1. The topological polar surface area (TPSA) is 239 Å². The van der Waals surface area contributed by atoms with Crippen molar-refractivity contribution in [3.8, 4) is 5.75 Å². The van der Waals surface area contributed by atoms with Crippen molar-refractivity contribution >= 4 is 49.1 Å². The second-order valence-electron chi connectivity index (χ2n) is 14.2. The normalized spacial score (nSPS) is 19.0. The number of fused-ring (bicyclic) bond motifs is 1. The molecule has 0 spiro atoms. The Bertz CT molecular complexity index is 1870. The zero-order chi connectivity index (χ0) is 37.7. The van der Waals surface area contributed by atoms with E-state index in [9.17, 15) is 28.8 Å². The molecule has 0 bridgehead atoms. The number of hydrogen-bond donors (Lipinski definition) is 5. The van der Waals surface area contributed by atoms with Crippen molar-refractivity contribution in [3.63, 3.8) is 0 Å². The number of aromatic nitrogens is 4. The van der Waals surface area contributed by atoms with Crippen LogP contribution in [0.3, 0.4) is 0 Å². The lowest BCUT2D eigenvalue weighted by molar-refractivity contribution is -0.149. The SMILES string of the molecule is CC(C)C[C@H](NP(=O)(OCC1(COC(=O)[C@@H](NC(=O)OC(C)(C)C)C(C)C)C/C1=C/n1cnc2c(=O)[nH]c(N)nc21)Oc1ccccc1)C(=O)O. The third-order valence-corrected chi connectivity index (χ3v) is 9.26. The maximum absolute atomic E-state index is 14.3. The summed E-state index contributed by atoms with van der Waals surface area (Å²) in [4.78, 5) is 61.2. The molecular weight excluding hydrogens is 685 g/mol. The molecule has 2 unspecified atom stereocenters. The average molecular weight is 732 g/mol. The minimum absolute atomic E-state index is 0.0396. The highest BCUT2D eigenvalue weighted by Crippen LogP contribution is 2.56. The number of para-hydroxylation sites is 1. The van der Waals surface area contributed by atoms with E-state index in [4.69, 9.17) is 24.3 Å². The fraction of sp³-hybridized carbons (Fsp3) is 0.515. The Kier molecular flexibility index (Phi) is 12.0. The van der Waals surface area contributed by atoms with Crippen molar-refractivity contribution in [1.29, 1.82) is 0 Å². The van der Waals surface area contributed by atoms with Crippen LogP contribution in [0.15, 0.2) is 47.0 Å². The Labute approximate surface area is 294 Å². The number of aliphatic carboxylic acids is 1. The molecule has 1 amide bonds. The van der Waals surface area contributed by atoms with E-state index in [2.05, 4.69) is 25.4 Å². The van der Waals surface area contributed by atoms with Gasteiger partial charge in [0.25, 0.3) is 5.56 Å². The number of anilines is 1. The maximum Gasteiger partial charge on any atom is 0.459 e. The second-order valence-corrected chi connectivity index (χ2v) is 15.9. The average Bonchev–Trinajstić information content (AvgIpc) is 3.55. The fourth-order valence-corrected chi connectivity index (χ4v) is 6.65. The first-order valence-corrected chi connectivity index (χ1v) is 17.9. The number of ether oxygens (including phenoxy) is 2. The van der Waals surface area contributed by atoms with Gasteiger partial charge in [-0.2, -0.15) is 10.1 Å². The molecule has 4 rings (SSSR count). The quantitative estimate of drug-likeness (QED) is 0.102. The number of rotatable bonds is 16. The molecule has 1 aliphatic carbocycles. The maximum atomic E-state index is 14.3. The molecule has 0 radical (unpaired) electrons. The van der Waals surface area contributed by atoms with Crippen LogP contribution in [-0.4, -0.2) is 73.6 Å². The molecule has 1 saturated carbocycles. The zero-order valence-corrected chi connectivity index (χ0v) is 30.6. The van der Waals surface area contributed by atoms with E-state index >= 15 is 0 Å². The number of nitrogens with zero attached hydrogens (tertiary/aromatic N) is 3. The molecule has 51 heavy (non-hydrogen) atoms. The highest BCUT2D eigenvalue weighted by molar-refractivity contribution is 7.52. The number of alkyl carbamates (subject to hydrolysis) is 1. The van der Waals surface area contributed by atoms with Crippen LogP contribution in [0.5, 0.6) is 5.75 Å². The number of amides is 1. The zero-order valence-electron chi connectivity index (χ0n) is 29.7. The van der Waals surface area contributed by atoms with E-state index < -0.39 is 54.4 Å². The summed E-state index contributed by atoms with van der Waals surface area (Å²) in [5.41, 5.74) is 4.16. The van der Waals surface area contributed by atoms with Crippen molar-refractivity contribution < 1.29 is 42.6 Å². The van der Waals surface area contributed by atoms with Gasteiger partial charge in [0.05, 0.1) is 12.0 Å². The van der Waals surface area contributed by atoms with Crippen molar-refractivity contribution in [2.75, 3.05) is 18.9 Å². The molecule has 17 nitrogen and oxygen atoms in total. The first kappa shape index (κ1) is 39.1. The fourth-order valence-electron chi connectivity index (χ4n) is 5.06. The third-order valence-electron chi connectivity index (χ3n) is 7.71. The van der Waals surface area contributed by atoms with Crippen LogP contribution in [0.1, 0.15) is 61.3 Å². The van der Waals surface area contributed by atoms with Gasteiger partial charge in [0.2, 0.25) is 5.95 Å². The van der Waals surface area contributed by atoms with E-state index in [1.807, 2.05) is 13.8 Å². The predicted octanol–water partition coefficient (Wildman–Crippen LogP) is 4.32. The molecule has 4 atom stereocenters. The lowest BCUT2D eigenvalue weighted by Crippen LogP contribution is -2.47. The van der Waals surface area contributed by atoms with Gasteiger partial charge in [0, 0.05) is 6.20 Å². The lowest BCUT2D eigenvalue weighted by Gasteiger charge is -2.27. The highest BCUT2D eigenvalue weighted by Gasteiger charge is 2.53. The Morgan fingerprint density at radius 3 is 2.45 bits per heavy atom. The number of imidazole rings is 1. The van der Waals surface area contributed by atoms with Crippen molar-refractivity contribution in [1.82, 2.24) is 29.9 Å². The Morgan fingerprint density at radius 2 is 1.84 bits per heavy atom. The number of nitrogens with two attached hydrogens (primary N) is 1. The predicted molar refractivity (Wildman–Crippen MR) is 187 cm³/mol. The number of hydrogen-bond acceptors (Lipinski definition) is 12. The standard InChI is InChI=1S/C33H46N7O10P/c1-19(2)13-23(28(42)43)39-51(46,50-22-11-9-8-10-12-22)48-17-33(16-47-29(44)24(20(3)4)36-31(45)49-32(5,6)7)14-21(33)15-40-18-35-25-26(40)37-30(34)38-27(25)41/h8-12,15,18-20,23-24H,13-14,16-17H2,1-7H3,(H,36,45)(H,39,46)(H,42,43)(H3,34,37,38,41)/b21-15-/t23-,24-,33?,51?/m0/s1. The van der Waals surface area contributed by atoms with E-state index in [1.165, 1.54) is 10.9 Å². The first-order valence-electron chi connectivity index (χ1n) is 16.4. The Morgan fingerprint density at radius 1 is 1.16 bits per heavy atom. The van der Waals surface area contributed by atoms with Crippen LogP contribution < -0.4 is 26.2 Å². The van der Waals surface area contributed by atoms with Gasteiger partial charge in [0.1, 0.15) is 36.4 Å². The van der Waals surface area contributed by atoms with Gasteiger partial charge in [-0.05, 0) is 63.2 Å². The van der Waals surface area contributed by atoms with Gasteiger partial charge in [-0.1, -0.05) is 45.9 Å². The summed E-state index contributed by atoms with van der Waals surface area (Å²) >= 11 is 0. The first-order chi connectivity index (χ1) is 23.8. The molecule has 1 aliphatic rings. The summed E-state index contributed by atoms with van der Waals surface area (Å²) in [7, 11) is -4.40. The van der Waals surface area contributed by atoms with E-state index in [0.717, 1.165) is 0 Å². The number of aromatic amines is 1. The number of H-pyrrole nitrogens is 1. The molecule has 2 aromatic heterocycles. The van der Waals surface area contributed by atoms with Crippen LogP contribution in [0.25, 0.3) is 17.4 Å². The number of benzene rings is 1. The van der Waals surface area contributed by atoms with E-state index in [-0.39, 0.29) is 60.8 Å². The largest absolute Gasteiger partial charge is 0.480 e. The third kappa shape index (κ3) is 10.6. The van der Waals surface area contributed by atoms with Gasteiger partial charge >= 0.3 is 25.8 Å². The van der Waals surface area contributed by atoms with Crippen LogP contribution in [-0.2, 0) is 28.2 Å². The molecule has 278 valence electrons. The molecular formula is C33H46N7O10P. The summed E-state index contributed by atoms with van der Waals surface area (Å²) in [6.07, 6.45) is 2.56. The lowest BCUT2D eigenvalue weighted by atomic mass is 10.0. The monoisotopic (exact) mass is 731 g/mol. The molecule has 1 aromatic carbocycles. The minimum Gasteiger partial charge on any atom is -0.480 e. The molecule has 2 heterocycles. The molecule has 0 aliphatic heterocycles. The van der Waals surface area contributed by atoms with Crippen LogP contribution in [0, 0.1) is 17.3 Å². The number of carbonyl (C=O) groups excluding carboxylic acids is 2. The number of carbonyl (C=O) groups is 3. The number of nitrogens with one attached hydrogen (secondary N) is 3. The molecule has 6 N–H and O–H groups in total. The van der Waals surface area contributed by atoms with Crippen LogP contribution >= 0.6 is 7.75 Å². The molecule has 18 heteroatoms. The highest BCUT2D eigenvalue weighted by atomic mass is 31.2. The number of carboxylic acids is 1. The number of esters is 1. The summed E-state index contributed by atoms with van der Waals surface area (Å²) in [5, 5.41) is 15.1. The second kappa shape index (κ2) is 15.7. The van der Waals surface area contributed by atoms with Crippen molar-refractivity contribution in [2.24, 2.45) is 17.3 Å². The van der Waals surface area contributed by atoms with Crippen molar-refractivity contribution in [3.05, 3.63) is 52.6 Å². The smallest absolute Gasteiger partial charge is 0.459 e. The van der Waals surface area contributed by atoms with Gasteiger partial charge in [-0.3, -0.25) is 23.7 Å². The summed E-state index contributed by atoms with van der Waals surface area (Å²) in [5.74, 6) is -2.40. The number of carboxylic acid groups (broad SMARTS) is 1. The molecule has 1 fully saturated rings. The summed E-state index contributed by atoms with van der Waals surface area (Å²) < 4.78 is 38.6. The van der Waals surface area contributed by atoms with Gasteiger partial charge in [-0.15, -0.1) is 0 Å². The van der Waals surface area contributed by atoms with E-state index in [1.54, 1.807) is 71.2 Å². The minimum atomic E-state index is -4.40. The summed E-state index contributed by atoms with van der Waals surface area (Å²) in [6, 6.07) is 5.79. The van der Waals surface area contributed by atoms with Gasteiger partial charge in [-0.25, -0.2) is 19.1 Å². The Hall–Kier alpha value is -4.73. The molecule has 0 saturated heterocycles. The van der Waals surface area contributed by atoms with Gasteiger partial charge in [0.15, 0.2) is 11.2 Å². The van der Waals surface area contributed by atoms with Crippen LogP contribution in [0.4, 0.5) is 10.7 Å².